The Kier molecular flexibility index (Phi) is 8.83. The fourth-order valence-corrected chi connectivity index (χ4v) is 9.61. The summed E-state index contributed by atoms with van der Waals surface area (Å²) in [5.74, 6) is 0. The summed E-state index contributed by atoms with van der Waals surface area (Å²) in [6, 6.07) is 87.2. The van der Waals surface area contributed by atoms with E-state index in [2.05, 4.69) is 246 Å². The number of para-hydroxylation sites is 4. The topological polar surface area (TPSA) is 21.3 Å². The highest BCUT2D eigenvalue weighted by Crippen LogP contribution is 2.49. The lowest BCUT2D eigenvalue weighted by Crippen LogP contribution is -2.12. The van der Waals surface area contributed by atoms with Crippen LogP contribution >= 0.6 is 0 Å². The third kappa shape index (κ3) is 6.21. The maximum Gasteiger partial charge on any atom is 0.143 e. The SMILES string of the molecule is c1ccc(-c2ccccc2-c2c(-c3ccccc3)cccc2N(c2cccc(-c3cccc4c3oc3ccccc34)c2)c2ccc3c(c2)c2ccccc2n3-c2ccccc2)cc1. The molecule has 0 saturated heterocycles. The first-order chi connectivity index (χ1) is 31.3. The highest BCUT2D eigenvalue weighted by molar-refractivity contribution is 6.12. The Morgan fingerprint density at radius 1 is 0.333 bits per heavy atom. The van der Waals surface area contributed by atoms with E-state index < -0.39 is 0 Å². The van der Waals surface area contributed by atoms with Crippen LogP contribution in [0.15, 0.2) is 247 Å². The highest BCUT2D eigenvalue weighted by Gasteiger charge is 2.24. The van der Waals surface area contributed by atoms with Crippen molar-refractivity contribution < 1.29 is 4.42 Å². The minimum Gasteiger partial charge on any atom is -0.455 e. The van der Waals surface area contributed by atoms with Gasteiger partial charge in [-0.1, -0.05) is 182 Å². The van der Waals surface area contributed by atoms with Crippen LogP contribution in [-0.2, 0) is 0 Å². The number of rotatable bonds is 8. The monoisotopic (exact) mass is 804 g/mol. The summed E-state index contributed by atoms with van der Waals surface area (Å²) >= 11 is 0. The Hall–Kier alpha value is -8.40. The second-order valence-electron chi connectivity index (χ2n) is 16.0. The molecule has 0 unspecified atom stereocenters. The Labute approximate surface area is 366 Å². The van der Waals surface area contributed by atoms with Gasteiger partial charge in [-0.25, -0.2) is 0 Å². The Balaban J connectivity index is 1.15. The van der Waals surface area contributed by atoms with Gasteiger partial charge >= 0.3 is 0 Å². The lowest BCUT2D eigenvalue weighted by molar-refractivity contribution is 0.670. The van der Waals surface area contributed by atoms with Crippen molar-refractivity contribution in [2.24, 2.45) is 0 Å². The molecule has 0 spiro atoms. The average Bonchev–Trinajstić information content (AvgIpc) is 3.91. The molecule has 0 saturated carbocycles. The van der Waals surface area contributed by atoms with Gasteiger partial charge in [0.05, 0.1) is 16.7 Å². The van der Waals surface area contributed by atoms with Crippen molar-refractivity contribution >= 4 is 60.8 Å². The van der Waals surface area contributed by atoms with Crippen LogP contribution in [-0.4, -0.2) is 4.57 Å². The average molecular weight is 805 g/mol. The molecule has 2 aromatic heterocycles. The molecule has 12 rings (SSSR count). The number of benzene rings is 10. The number of anilines is 3. The number of hydrogen-bond donors (Lipinski definition) is 0. The second kappa shape index (κ2) is 15.3. The molecule has 0 bridgehead atoms. The van der Waals surface area contributed by atoms with E-state index in [1.54, 1.807) is 0 Å². The molecule has 0 aliphatic carbocycles. The largest absolute Gasteiger partial charge is 0.455 e. The molecule has 0 aliphatic heterocycles. The standard InChI is InChI=1S/C60H40N2O/c1-4-19-41(20-5-1)47-27-10-11-30-52(47)59-48(42-21-6-2-7-22-42)31-18-35-57(59)61(45-26-16-23-43(39-45)49-32-17-33-53-51-29-13-15-36-58(51)63-60(49)53)46-37-38-56-54(40-46)50-28-12-14-34-55(50)62(56)44-24-8-3-9-25-44/h1-40H. The van der Waals surface area contributed by atoms with Gasteiger partial charge in [0, 0.05) is 49.7 Å². The first kappa shape index (κ1) is 36.5. The highest BCUT2D eigenvalue weighted by atomic mass is 16.3. The van der Waals surface area contributed by atoms with Crippen LogP contribution in [0.1, 0.15) is 0 Å². The summed E-state index contributed by atoms with van der Waals surface area (Å²) in [5.41, 5.74) is 17.5. The third-order valence-corrected chi connectivity index (χ3v) is 12.4. The van der Waals surface area contributed by atoms with E-state index in [0.29, 0.717) is 0 Å². The second-order valence-corrected chi connectivity index (χ2v) is 16.0. The minimum absolute atomic E-state index is 0.889. The van der Waals surface area contributed by atoms with Crippen molar-refractivity contribution in [2.75, 3.05) is 4.90 Å². The Morgan fingerprint density at radius 2 is 0.889 bits per heavy atom. The first-order valence-electron chi connectivity index (χ1n) is 21.5. The van der Waals surface area contributed by atoms with Crippen molar-refractivity contribution in [1.29, 1.82) is 0 Å². The molecule has 296 valence electrons. The van der Waals surface area contributed by atoms with Gasteiger partial charge in [-0.05, 0) is 94.0 Å². The molecule has 12 aromatic rings. The summed E-state index contributed by atoms with van der Waals surface area (Å²) in [5, 5.41) is 4.62. The van der Waals surface area contributed by atoms with Crippen LogP contribution in [0.3, 0.4) is 0 Å². The van der Waals surface area contributed by atoms with Crippen LogP contribution in [0.4, 0.5) is 17.1 Å². The normalized spacial score (nSPS) is 11.5. The Morgan fingerprint density at radius 3 is 1.70 bits per heavy atom. The van der Waals surface area contributed by atoms with Crippen molar-refractivity contribution in [3.8, 4) is 50.2 Å². The fourth-order valence-electron chi connectivity index (χ4n) is 9.61. The van der Waals surface area contributed by atoms with Gasteiger partial charge in [0.15, 0.2) is 0 Å². The number of nitrogens with zero attached hydrogens (tertiary/aromatic N) is 2. The molecular weight excluding hydrogens is 765 g/mol. The van der Waals surface area contributed by atoms with Crippen LogP contribution in [0.2, 0.25) is 0 Å². The zero-order valence-corrected chi connectivity index (χ0v) is 34.4. The molecule has 0 radical (unpaired) electrons. The molecule has 0 fully saturated rings. The quantitative estimate of drug-likeness (QED) is 0.153. The van der Waals surface area contributed by atoms with E-state index in [-0.39, 0.29) is 0 Å². The van der Waals surface area contributed by atoms with Crippen molar-refractivity contribution in [3.05, 3.63) is 243 Å². The van der Waals surface area contributed by atoms with Gasteiger partial charge in [-0.2, -0.15) is 0 Å². The molecule has 0 aliphatic rings. The lowest BCUT2D eigenvalue weighted by Gasteiger charge is -2.30. The Bertz CT molecular complexity index is 3620. The summed E-state index contributed by atoms with van der Waals surface area (Å²) in [7, 11) is 0. The molecule has 2 heterocycles. The van der Waals surface area contributed by atoms with Gasteiger partial charge in [-0.15, -0.1) is 0 Å². The summed E-state index contributed by atoms with van der Waals surface area (Å²) in [6.45, 7) is 0. The van der Waals surface area contributed by atoms with E-state index in [0.717, 1.165) is 83.6 Å². The molecule has 10 aromatic carbocycles. The van der Waals surface area contributed by atoms with Gasteiger partial charge in [-0.3, -0.25) is 0 Å². The summed E-state index contributed by atoms with van der Waals surface area (Å²) < 4.78 is 9.00. The zero-order chi connectivity index (χ0) is 41.7. The third-order valence-electron chi connectivity index (χ3n) is 12.4. The molecule has 0 atom stereocenters. The smallest absolute Gasteiger partial charge is 0.143 e. The van der Waals surface area contributed by atoms with Crippen LogP contribution in [0, 0.1) is 0 Å². The first-order valence-corrected chi connectivity index (χ1v) is 21.5. The van der Waals surface area contributed by atoms with Gasteiger partial charge in [0.1, 0.15) is 11.2 Å². The summed E-state index contributed by atoms with van der Waals surface area (Å²) in [4.78, 5) is 2.46. The minimum atomic E-state index is 0.889. The number of furan rings is 1. The molecular formula is C60H40N2O. The van der Waals surface area contributed by atoms with Crippen LogP contribution < -0.4 is 4.90 Å². The maximum atomic E-state index is 6.62. The number of aromatic nitrogens is 1. The van der Waals surface area contributed by atoms with E-state index in [9.17, 15) is 0 Å². The predicted molar refractivity (Wildman–Crippen MR) is 264 cm³/mol. The molecule has 0 N–H and O–H groups in total. The predicted octanol–water partition coefficient (Wildman–Crippen LogP) is 16.8. The van der Waals surface area contributed by atoms with Gasteiger partial charge in [0.25, 0.3) is 0 Å². The van der Waals surface area contributed by atoms with Gasteiger partial charge in [0.2, 0.25) is 0 Å². The number of hydrogen-bond acceptors (Lipinski definition) is 2. The van der Waals surface area contributed by atoms with E-state index in [1.807, 2.05) is 6.07 Å². The molecule has 3 nitrogen and oxygen atoms in total. The lowest BCUT2D eigenvalue weighted by atomic mass is 9.87. The fraction of sp³-hybridized carbons (Fsp3) is 0. The number of fused-ring (bicyclic) bond motifs is 6. The summed E-state index contributed by atoms with van der Waals surface area (Å²) in [6.07, 6.45) is 0. The molecule has 0 amide bonds. The van der Waals surface area contributed by atoms with Crippen LogP contribution in [0.25, 0.3) is 93.9 Å². The van der Waals surface area contributed by atoms with Crippen molar-refractivity contribution in [2.45, 2.75) is 0 Å². The van der Waals surface area contributed by atoms with E-state index in [4.69, 9.17) is 4.42 Å². The molecule has 3 heteroatoms. The van der Waals surface area contributed by atoms with E-state index >= 15 is 0 Å². The maximum absolute atomic E-state index is 6.62. The van der Waals surface area contributed by atoms with Gasteiger partial charge < -0.3 is 13.9 Å². The zero-order valence-electron chi connectivity index (χ0n) is 34.4. The van der Waals surface area contributed by atoms with E-state index in [1.165, 1.54) is 27.4 Å². The van der Waals surface area contributed by atoms with Crippen molar-refractivity contribution in [3.63, 3.8) is 0 Å². The molecule has 63 heavy (non-hydrogen) atoms. The van der Waals surface area contributed by atoms with Crippen LogP contribution in [0.5, 0.6) is 0 Å². The van der Waals surface area contributed by atoms with Crippen molar-refractivity contribution in [1.82, 2.24) is 4.57 Å².